The largest absolute Gasteiger partial charge is 0.309 e. The fraction of sp³-hybridized carbons (Fsp3) is 0.0625. The molecule has 1 nitrogen and oxygen atoms in total. The van der Waals surface area contributed by atoms with Crippen LogP contribution < -0.4 is 4.90 Å². The molecule has 0 aliphatic heterocycles. The zero-order valence-corrected chi connectivity index (χ0v) is 36.4. The highest BCUT2D eigenvalue weighted by molar-refractivity contribution is 6.09. The molecule has 0 saturated heterocycles. The van der Waals surface area contributed by atoms with Crippen molar-refractivity contribution in [1.82, 2.24) is 0 Å². The Bertz CT molecular complexity index is 3410. The maximum Gasteiger partial charge on any atom is 0.0540 e. The SMILES string of the molecule is CC1(c2ccccc2)c2ccccc2-c2ccc(-c3ccccc3N(c3ccccc3C3=C4C=CC=CC4CC=C3)c3ccccc3-c3cccc4cccc(-c5ccccc5)c34)cc21. The van der Waals surface area contributed by atoms with E-state index in [9.17, 15) is 0 Å². The number of nitrogens with zero attached hydrogens (tertiary/aromatic N) is 1. The Hall–Kier alpha value is -8.00. The van der Waals surface area contributed by atoms with Gasteiger partial charge in [0.25, 0.3) is 0 Å². The summed E-state index contributed by atoms with van der Waals surface area (Å²) in [5.41, 5.74) is 20.6. The van der Waals surface area contributed by atoms with E-state index in [1.807, 2.05) is 0 Å². The number of benzene rings is 9. The molecule has 1 heteroatoms. The van der Waals surface area contributed by atoms with Crippen LogP contribution in [-0.2, 0) is 5.41 Å². The van der Waals surface area contributed by atoms with E-state index in [2.05, 4.69) is 261 Å². The van der Waals surface area contributed by atoms with Gasteiger partial charge in [-0.05, 0) is 110 Å². The lowest BCUT2D eigenvalue weighted by molar-refractivity contribution is 0.714. The minimum Gasteiger partial charge on any atom is -0.309 e. The van der Waals surface area contributed by atoms with Crippen LogP contribution in [0.25, 0.3) is 60.9 Å². The Morgan fingerprint density at radius 1 is 0.431 bits per heavy atom. The maximum atomic E-state index is 2.55. The van der Waals surface area contributed by atoms with Crippen molar-refractivity contribution in [2.24, 2.45) is 5.92 Å². The molecule has 0 fully saturated rings. The van der Waals surface area contributed by atoms with Crippen molar-refractivity contribution >= 4 is 33.4 Å². The molecule has 0 aromatic heterocycles. The van der Waals surface area contributed by atoms with Crippen LogP contribution in [0, 0.1) is 5.92 Å². The predicted octanol–water partition coefficient (Wildman–Crippen LogP) is 17.1. The average Bonchev–Trinajstić information content (AvgIpc) is 3.64. The minimum atomic E-state index is -0.318. The number of para-hydroxylation sites is 3. The average molecular weight is 830 g/mol. The van der Waals surface area contributed by atoms with Gasteiger partial charge in [0, 0.05) is 28.0 Å². The summed E-state index contributed by atoms with van der Waals surface area (Å²) in [5.74, 6) is 0.350. The molecule has 0 bridgehead atoms. The van der Waals surface area contributed by atoms with Crippen molar-refractivity contribution in [3.05, 3.63) is 277 Å². The molecular weight excluding hydrogens is 783 g/mol. The Kier molecular flexibility index (Phi) is 9.50. The number of hydrogen-bond donors (Lipinski definition) is 0. The van der Waals surface area contributed by atoms with E-state index in [0.717, 1.165) is 23.5 Å². The predicted molar refractivity (Wildman–Crippen MR) is 275 cm³/mol. The van der Waals surface area contributed by atoms with E-state index >= 15 is 0 Å². The molecular formula is C64H47N. The molecule has 0 saturated carbocycles. The molecule has 65 heavy (non-hydrogen) atoms. The Morgan fingerprint density at radius 2 is 1.02 bits per heavy atom. The Labute approximate surface area is 382 Å². The number of rotatable bonds is 8. The van der Waals surface area contributed by atoms with Crippen LogP contribution in [-0.4, -0.2) is 0 Å². The van der Waals surface area contributed by atoms with Crippen LogP contribution in [0.1, 0.15) is 35.6 Å². The first-order valence-corrected chi connectivity index (χ1v) is 22.9. The fourth-order valence-electron chi connectivity index (χ4n) is 11.0. The first kappa shape index (κ1) is 38.7. The van der Waals surface area contributed by atoms with Gasteiger partial charge in [0.05, 0.1) is 17.1 Å². The summed E-state index contributed by atoms with van der Waals surface area (Å²) in [6.07, 6.45) is 14.8. The lowest BCUT2D eigenvalue weighted by Gasteiger charge is -2.33. The lowest BCUT2D eigenvalue weighted by Crippen LogP contribution is -2.22. The number of hydrogen-bond acceptors (Lipinski definition) is 1. The molecule has 9 aromatic carbocycles. The molecule has 0 amide bonds. The highest BCUT2D eigenvalue weighted by atomic mass is 15.1. The molecule has 2 atom stereocenters. The normalized spacial score (nSPS) is 16.9. The smallest absolute Gasteiger partial charge is 0.0540 e. The second kappa shape index (κ2) is 16.0. The van der Waals surface area contributed by atoms with E-state index in [-0.39, 0.29) is 5.41 Å². The van der Waals surface area contributed by atoms with Crippen molar-refractivity contribution < 1.29 is 0 Å². The van der Waals surface area contributed by atoms with E-state index in [1.165, 1.54) is 88.7 Å². The minimum absolute atomic E-state index is 0.318. The first-order valence-electron chi connectivity index (χ1n) is 22.9. The van der Waals surface area contributed by atoms with Gasteiger partial charge in [0.1, 0.15) is 0 Å². The zero-order valence-electron chi connectivity index (χ0n) is 36.4. The maximum absolute atomic E-state index is 2.55. The van der Waals surface area contributed by atoms with Gasteiger partial charge >= 0.3 is 0 Å². The van der Waals surface area contributed by atoms with Crippen LogP contribution in [0.5, 0.6) is 0 Å². The third-order valence-corrected chi connectivity index (χ3v) is 14.1. The topological polar surface area (TPSA) is 3.24 Å². The van der Waals surface area contributed by atoms with Gasteiger partial charge in [-0.25, -0.2) is 0 Å². The molecule has 3 aliphatic rings. The molecule has 308 valence electrons. The molecule has 0 heterocycles. The summed E-state index contributed by atoms with van der Waals surface area (Å²) in [6.45, 7) is 2.41. The van der Waals surface area contributed by atoms with Gasteiger partial charge in [-0.15, -0.1) is 0 Å². The third-order valence-electron chi connectivity index (χ3n) is 14.1. The van der Waals surface area contributed by atoms with Gasteiger partial charge in [-0.3, -0.25) is 0 Å². The van der Waals surface area contributed by atoms with Gasteiger partial charge in [-0.1, -0.05) is 225 Å². The molecule has 0 radical (unpaired) electrons. The lowest BCUT2D eigenvalue weighted by atomic mass is 9.74. The van der Waals surface area contributed by atoms with Crippen molar-refractivity contribution in [3.63, 3.8) is 0 Å². The Balaban J connectivity index is 1.12. The second-order valence-corrected chi connectivity index (χ2v) is 17.6. The van der Waals surface area contributed by atoms with Crippen LogP contribution in [0.15, 0.2) is 254 Å². The van der Waals surface area contributed by atoms with Crippen LogP contribution >= 0.6 is 0 Å². The number of fused-ring (bicyclic) bond motifs is 5. The fourth-order valence-corrected chi connectivity index (χ4v) is 11.0. The summed E-state index contributed by atoms with van der Waals surface area (Å²) < 4.78 is 0. The van der Waals surface area contributed by atoms with Crippen LogP contribution in [0.4, 0.5) is 17.1 Å². The number of anilines is 3. The van der Waals surface area contributed by atoms with Gasteiger partial charge in [0.15, 0.2) is 0 Å². The number of allylic oxidation sites excluding steroid dienone is 8. The molecule has 9 aromatic rings. The monoisotopic (exact) mass is 829 g/mol. The van der Waals surface area contributed by atoms with Gasteiger partial charge in [0.2, 0.25) is 0 Å². The van der Waals surface area contributed by atoms with Gasteiger partial charge < -0.3 is 4.90 Å². The van der Waals surface area contributed by atoms with Crippen molar-refractivity contribution in [2.75, 3.05) is 4.90 Å². The first-order chi connectivity index (χ1) is 32.2. The molecule has 12 rings (SSSR count). The summed E-state index contributed by atoms with van der Waals surface area (Å²) in [5, 5.41) is 2.46. The molecule has 0 N–H and O–H groups in total. The van der Waals surface area contributed by atoms with E-state index in [1.54, 1.807) is 0 Å². The van der Waals surface area contributed by atoms with Crippen molar-refractivity contribution in [2.45, 2.75) is 18.8 Å². The van der Waals surface area contributed by atoms with Crippen LogP contribution in [0.3, 0.4) is 0 Å². The van der Waals surface area contributed by atoms with E-state index < -0.39 is 0 Å². The van der Waals surface area contributed by atoms with E-state index in [4.69, 9.17) is 0 Å². The summed E-state index contributed by atoms with van der Waals surface area (Å²) >= 11 is 0. The third kappa shape index (κ3) is 6.38. The Morgan fingerprint density at radius 3 is 1.78 bits per heavy atom. The van der Waals surface area contributed by atoms with Crippen molar-refractivity contribution in [3.8, 4) is 44.5 Å². The summed E-state index contributed by atoms with van der Waals surface area (Å²) in [4.78, 5) is 2.55. The van der Waals surface area contributed by atoms with E-state index in [0.29, 0.717) is 5.92 Å². The standard InChI is InChI=1S/C64H47N/c1-64(48-27-6-3-7-28-48)58-37-14-10-31-53(58)54-42-41-47(43-59(54)64)50-30-11-15-38-60(50)65(61-39-16-12-32-55(61)52-35-18-24-44-23-8-9-29-49(44)52)62-40-17-13-33-56(62)57-36-20-26-46-25-19-34-51(63(46)57)45-21-4-2-5-22-45/h2-23,25-44H,24H2,1H3. The van der Waals surface area contributed by atoms with Gasteiger partial charge in [-0.2, -0.15) is 0 Å². The highest BCUT2D eigenvalue weighted by Gasteiger charge is 2.41. The van der Waals surface area contributed by atoms with Crippen LogP contribution in [0.2, 0.25) is 0 Å². The van der Waals surface area contributed by atoms with Crippen molar-refractivity contribution in [1.29, 1.82) is 0 Å². The summed E-state index contributed by atoms with van der Waals surface area (Å²) in [6, 6.07) is 78.6. The summed E-state index contributed by atoms with van der Waals surface area (Å²) in [7, 11) is 0. The molecule has 2 unspecified atom stereocenters. The molecule has 0 spiro atoms. The zero-order chi connectivity index (χ0) is 43.3. The second-order valence-electron chi connectivity index (χ2n) is 17.6. The highest BCUT2D eigenvalue weighted by Crippen LogP contribution is 2.55. The molecule has 3 aliphatic carbocycles. The quantitative estimate of drug-likeness (QED) is 0.147.